The van der Waals surface area contributed by atoms with Crippen LogP contribution in [0.3, 0.4) is 0 Å². The van der Waals surface area contributed by atoms with E-state index in [-0.39, 0.29) is 5.56 Å². The Hall–Kier alpha value is -1.87. The van der Waals surface area contributed by atoms with Gasteiger partial charge in [0.05, 0.1) is 6.54 Å². The molecular formula is C18H22N2O. The van der Waals surface area contributed by atoms with Gasteiger partial charge in [-0.25, -0.2) is 0 Å². The lowest BCUT2D eigenvalue weighted by atomic mass is 9.90. The Morgan fingerprint density at radius 1 is 1.19 bits per heavy atom. The highest BCUT2D eigenvalue weighted by Crippen LogP contribution is 2.28. The quantitative estimate of drug-likeness (QED) is 0.935. The van der Waals surface area contributed by atoms with E-state index in [4.69, 9.17) is 0 Å². The molecule has 1 aliphatic rings. The second-order valence-electron chi connectivity index (χ2n) is 5.65. The maximum absolute atomic E-state index is 12.3. The Morgan fingerprint density at radius 2 is 2.00 bits per heavy atom. The van der Waals surface area contributed by atoms with Crippen molar-refractivity contribution in [2.45, 2.75) is 38.8 Å². The summed E-state index contributed by atoms with van der Waals surface area (Å²) in [4.78, 5) is 12.3. The van der Waals surface area contributed by atoms with E-state index in [2.05, 4.69) is 24.4 Å². The van der Waals surface area contributed by atoms with Gasteiger partial charge in [-0.15, -0.1) is 0 Å². The monoisotopic (exact) mass is 282 g/mol. The summed E-state index contributed by atoms with van der Waals surface area (Å²) >= 11 is 0. The minimum absolute atomic E-state index is 0.106. The van der Waals surface area contributed by atoms with Gasteiger partial charge in [-0.05, 0) is 36.9 Å². The number of hydrogen-bond donors (Lipinski definition) is 1. The van der Waals surface area contributed by atoms with Crippen LogP contribution in [0.15, 0.2) is 47.3 Å². The van der Waals surface area contributed by atoms with Crippen LogP contribution in [-0.4, -0.2) is 11.1 Å². The van der Waals surface area contributed by atoms with Crippen LogP contribution in [0.4, 0.5) is 0 Å². The third-order valence-electron chi connectivity index (χ3n) is 4.25. The fourth-order valence-corrected chi connectivity index (χ4v) is 3.26. The fraction of sp³-hybridized carbons (Fsp3) is 0.389. The standard InChI is InChI=1S/C18H22N2O/c1-2-19-16-9-6-10-17-15(16)11-12-18(21)20(17)13-14-7-4-3-5-8-14/h3-5,7-8,11-12,16,19H,2,6,9-10,13H2,1H3. The second-order valence-corrected chi connectivity index (χ2v) is 5.65. The molecule has 0 amide bonds. The number of rotatable bonds is 4. The van der Waals surface area contributed by atoms with Crippen LogP contribution in [0.5, 0.6) is 0 Å². The average Bonchev–Trinajstić information content (AvgIpc) is 2.52. The van der Waals surface area contributed by atoms with Gasteiger partial charge < -0.3 is 9.88 Å². The number of nitrogens with one attached hydrogen (secondary N) is 1. The molecule has 21 heavy (non-hydrogen) atoms. The molecule has 0 saturated carbocycles. The predicted octanol–water partition coefficient (Wildman–Crippen LogP) is 2.88. The van der Waals surface area contributed by atoms with E-state index in [1.165, 1.54) is 16.8 Å². The van der Waals surface area contributed by atoms with E-state index < -0.39 is 0 Å². The van der Waals surface area contributed by atoms with Gasteiger partial charge >= 0.3 is 0 Å². The molecule has 0 spiro atoms. The van der Waals surface area contributed by atoms with Crippen molar-refractivity contribution in [3.05, 3.63) is 69.6 Å². The normalized spacial score (nSPS) is 17.5. The van der Waals surface area contributed by atoms with Crippen molar-refractivity contribution < 1.29 is 0 Å². The summed E-state index contributed by atoms with van der Waals surface area (Å²) in [5.74, 6) is 0. The van der Waals surface area contributed by atoms with Gasteiger partial charge in [-0.2, -0.15) is 0 Å². The molecule has 0 fully saturated rings. The van der Waals surface area contributed by atoms with Gasteiger partial charge in [-0.3, -0.25) is 4.79 Å². The third kappa shape index (κ3) is 2.93. The summed E-state index contributed by atoms with van der Waals surface area (Å²) in [7, 11) is 0. The van der Waals surface area contributed by atoms with E-state index in [0.717, 1.165) is 25.8 Å². The van der Waals surface area contributed by atoms with Gasteiger partial charge in [0.1, 0.15) is 0 Å². The lowest BCUT2D eigenvalue weighted by Crippen LogP contribution is -2.31. The molecule has 3 heteroatoms. The molecule has 1 heterocycles. The molecule has 3 nitrogen and oxygen atoms in total. The highest BCUT2D eigenvalue weighted by molar-refractivity contribution is 5.29. The van der Waals surface area contributed by atoms with Gasteiger partial charge in [0, 0.05) is 17.8 Å². The first-order chi connectivity index (χ1) is 10.3. The van der Waals surface area contributed by atoms with Gasteiger partial charge in [-0.1, -0.05) is 43.3 Å². The average molecular weight is 282 g/mol. The van der Waals surface area contributed by atoms with E-state index in [0.29, 0.717) is 12.6 Å². The third-order valence-corrected chi connectivity index (χ3v) is 4.25. The molecule has 0 bridgehead atoms. The number of nitrogens with zero attached hydrogens (tertiary/aromatic N) is 1. The minimum atomic E-state index is 0.106. The van der Waals surface area contributed by atoms with Crippen LogP contribution < -0.4 is 10.9 Å². The van der Waals surface area contributed by atoms with Crippen LogP contribution in [0.1, 0.15) is 42.6 Å². The molecule has 2 aromatic rings. The fourth-order valence-electron chi connectivity index (χ4n) is 3.26. The smallest absolute Gasteiger partial charge is 0.251 e. The first-order valence-corrected chi connectivity index (χ1v) is 7.79. The first kappa shape index (κ1) is 14.1. The summed E-state index contributed by atoms with van der Waals surface area (Å²) < 4.78 is 1.95. The maximum atomic E-state index is 12.3. The van der Waals surface area contributed by atoms with Crippen molar-refractivity contribution in [3.8, 4) is 0 Å². The van der Waals surface area contributed by atoms with Crippen molar-refractivity contribution in [1.82, 2.24) is 9.88 Å². The number of benzene rings is 1. The predicted molar refractivity (Wildman–Crippen MR) is 85.6 cm³/mol. The molecule has 0 radical (unpaired) electrons. The van der Waals surface area contributed by atoms with E-state index in [9.17, 15) is 4.79 Å². The summed E-state index contributed by atoms with van der Waals surface area (Å²) in [6.45, 7) is 3.76. The topological polar surface area (TPSA) is 34.0 Å². The molecular weight excluding hydrogens is 260 g/mol. The molecule has 0 aliphatic heterocycles. The van der Waals surface area contributed by atoms with Crippen LogP contribution >= 0.6 is 0 Å². The Labute approximate surface area is 125 Å². The molecule has 110 valence electrons. The molecule has 1 unspecified atom stereocenters. The van der Waals surface area contributed by atoms with Crippen LogP contribution in [-0.2, 0) is 13.0 Å². The van der Waals surface area contributed by atoms with Crippen molar-refractivity contribution in [3.63, 3.8) is 0 Å². The van der Waals surface area contributed by atoms with Crippen LogP contribution in [0.2, 0.25) is 0 Å². The Bertz CT molecular complexity index is 661. The maximum Gasteiger partial charge on any atom is 0.251 e. The van der Waals surface area contributed by atoms with Crippen molar-refractivity contribution in [2.24, 2.45) is 0 Å². The van der Waals surface area contributed by atoms with Gasteiger partial charge in [0.2, 0.25) is 0 Å². The zero-order chi connectivity index (χ0) is 14.7. The number of aromatic nitrogens is 1. The molecule has 1 N–H and O–H groups in total. The van der Waals surface area contributed by atoms with Crippen LogP contribution in [0.25, 0.3) is 0 Å². The number of hydrogen-bond acceptors (Lipinski definition) is 2. The molecule has 1 aromatic carbocycles. The first-order valence-electron chi connectivity index (χ1n) is 7.79. The highest BCUT2D eigenvalue weighted by atomic mass is 16.1. The molecule has 3 rings (SSSR count). The van der Waals surface area contributed by atoms with E-state index in [1.54, 1.807) is 6.07 Å². The zero-order valence-electron chi connectivity index (χ0n) is 12.5. The Morgan fingerprint density at radius 3 is 2.76 bits per heavy atom. The summed E-state index contributed by atoms with van der Waals surface area (Å²) in [6.07, 6.45) is 3.30. The van der Waals surface area contributed by atoms with Crippen molar-refractivity contribution in [2.75, 3.05) is 6.54 Å². The Balaban J connectivity index is 2.00. The van der Waals surface area contributed by atoms with Crippen molar-refractivity contribution >= 4 is 0 Å². The zero-order valence-corrected chi connectivity index (χ0v) is 12.5. The largest absolute Gasteiger partial charge is 0.310 e. The van der Waals surface area contributed by atoms with Gasteiger partial charge in [0.15, 0.2) is 0 Å². The SMILES string of the molecule is CCNC1CCCc2c1ccc(=O)n2Cc1ccccc1. The molecule has 1 atom stereocenters. The molecule has 0 saturated heterocycles. The number of fused-ring (bicyclic) bond motifs is 1. The molecule has 1 aliphatic carbocycles. The number of pyridine rings is 1. The highest BCUT2D eigenvalue weighted by Gasteiger charge is 2.22. The molecule has 1 aromatic heterocycles. The van der Waals surface area contributed by atoms with Gasteiger partial charge in [0.25, 0.3) is 5.56 Å². The van der Waals surface area contributed by atoms with Crippen LogP contribution in [0, 0.1) is 0 Å². The van der Waals surface area contributed by atoms with E-state index in [1.807, 2.05) is 28.8 Å². The lowest BCUT2D eigenvalue weighted by Gasteiger charge is -2.28. The summed E-state index contributed by atoms with van der Waals surface area (Å²) in [5, 5.41) is 3.54. The Kier molecular flexibility index (Phi) is 4.20. The minimum Gasteiger partial charge on any atom is -0.310 e. The summed E-state index contributed by atoms with van der Waals surface area (Å²) in [5.41, 5.74) is 3.80. The summed E-state index contributed by atoms with van der Waals surface area (Å²) in [6, 6.07) is 14.3. The second kappa shape index (κ2) is 6.27. The van der Waals surface area contributed by atoms with Crippen molar-refractivity contribution in [1.29, 1.82) is 0 Å². The van der Waals surface area contributed by atoms with E-state index >= 15 is 0 Å². The lowest BCUT2D eigenvalue weighted by molar-refractivity contribution is 0.453.